The molecule has 9 heteroatoms. The summed E-state index contributed by atoms with van der Waals surface area (Å²) in [7, 11) is 1.61. The normalized spacial score (nSPS) is 10.3. The van der Waals surface area contributed by atoms with Gasteiger partial charge in [0.05, 0.1) is 25.5 Å². The Morgan fingerprint density at radius 2 is 2.00 bits per heavy atom. The summed E-state index contributed by atoms with van der Waals surface area (Å²) in [6, 6.07) is 17.0. The molecule has 1 heterocycles. The first kappa shape index (κ1) is 21.2. The smallest absolute Gasteiger partial charge is 0.231 e. The van der Waals surface area contributed by atoms with Gasteiger partial charge in [0.2, 0.25) is 5.91 Å². The number of nitrogens with zero attached hydrogens (tertiary/aromatic N) is 4. The fourth-order valence-electron chi connectivity index (χ4n) is 2.72. The molecule has 8 nitrogen and oxygen atoms in total. The maximum absolute atomic E-state index is 11.9. The number of amides is 1. The average molecular weight is 423 g/mol. The predicted octanol–water partition coefficient (Wildman–Crippen LogP) is 3.07. The van der Waals surface area contributed by atoms with Gasteiger partial charge in [-0.3, -0.25) is 9.36 Å². The zero-order chi connectivity index (χ0) is 21.3. The van der Waals surface area contributed by atoms with Crippen LogP contribution in [0.2, 0.25) is 0 Å². The van der Waals surface area contributed by atoms with Crippen LogP contribution in [0.1, 0.15) is 6.92 Å². The van der Waals surface area contributed by atoms with Crippen molar-refractivity contribution in [3.05, 3.63) is 48.5 Å². The number of rotatable bonds is 9. The summed E-state index contributed by atoms with van der Waals surface area (Å²) < 4.78 is 12.7. The maximum Gasteiger partial charge on any atom is 0.231 e. The van der Waals surface area contributed by atoms with E-state index in [0.29, 0.717) is 23.3 Å². The van der Waals surface area contributed by atoms with E-state index >= 15 is 0 Å². The molecule has 154 valence electrons. The van der Waals surface area contributed by atoms with Crippen LogP contribution < -0.4 is 14.8 Å². The number of carbonyl (C=O) groups excluding carboxylic acids is 1. The van der Waals surface area contributed by atoms with Gasteiger partial charge in [-0.15, -0.1) is 10.2 Å². The second-order valence-electron chi connectivity index (χ2n) is 6.02. The van der Waals surface area contributed by atoms with Gasteiger partial charge in [-0.1, -0.05) is 23.9 Å². The van der Waals surface area contributed by atoms with Gasteiger partial charge in [0, 0.05) is 11.3 Å². The largest absolute Gasteiger partial charge is 0.497 e. The van der Waals surface area contributed by atoms with Crippen LogP contribution in [0.15, 0.2) is 53.7 Å². The summed E-state index contributed by atoms with van der Waals surface area (Å²) in [6.45, 7) is 2.49. The molecule has 3 aromatic rings. The molecule has 3 rings (SSSR count). The number of nitrogens with one attached hydrogen (secondary N) is 1. The molecule has 1 N–H and O–H groups in total. The summed E-state index contributed by atoms with van der Waals surface area (Å²) in [5.41, 5.74) is 1.66. The van der Waals surface area contributed by atoms with Gasteiger partial charge in [0.15, 0.2) is 11.0 Å². The first-order chi connectivity index (χ1) is 14.7. The Morgan fingerprint density at radius 3 is 2.70 bits per heavy atom. The first-order valence-corrected chi connectivity index (χ1v) is 10.2. The average Bonchev–Trinajstić information content (AvgIpc) is 3.21. The zero-order valence-corrected chi connectivity index (χ0v) is 17.5. The molecule has 0 fully saturated rings. The van der Waals surface area contributed by atoms with Crippen molar-refractivity contribution in [1.82, 2.24) is 20.1 Å². The zero-order valence-electron chi connectivity index (χ0n) is 16.7. The van der Waals surface area contributed by atoms with E-state index in [4.69, 9.17) is 14.7 Å². The lowest BCUT2D eigenvalue weighted by molar-refractivity contribution is -0.118. The Hall–Kier alpha value is -3.51. The van der Waals surface area contributed by atoms with E-state index in [1.54, 1.807) is 7.11 Å². The molecule has 0 bridgehead atoms. The van der Waals surface area contributed by atoms with Gasteiger partial charge in [0.25, 0.3) is 0 Å². The summed E-state index contributed by atoms with van der Waals surface area (Å²) >= 11 is 1.25. The topological polar surface area (TPSA) is 102 Å². The fraction of sp³-hybridized carbons (Fsp3) is 0.238. The number of hydrogen-bond acceptors (Lipinski definition) is 7. The van der Waals surface area contributed by atoms with Crippen LogP contribution in [0.25, 0.3) is 17.1 Å². The summed E-state index contributed by atoms with van der Waals surface area (Å²) in [5, 5.41) is 20.3. The summed E-state index contributed by atoms with van der Waals surface area (Å²) in [4.78, 5) is 11.9. The van der Waals surface area contributed by atoms with Crippen LogP contribution >= 0.6 is 11.8 Å². The molecule has 0 aliphatic carbocycles. The Balaban J connectivity index is 1.97. The minimum Gasteiger partial charge on any atom is -0.497 e. The molecular weight excluding hydrogens is 402 g/mol. The molecule has 0 atom stereocenters. The third-order valence-corrected chi connectivity index (χ3v) is 4.99. The minimum absolute atomic E-state index is 0.0277. The maximum atomic E-state index is 11.9. The van der Waals surface area contributed by atoms with E-state index in [-0.39, 0.29) is 18.2 Å². The number of hydrogen-bond donors (Lipinski definition) is 1. The Labute approximate surface area is 178 Å². The van der Waals surface area contributed by atoms with Crippen LogP contribution in [0.4, 0.5) is 0 Å². The number of benzene rings is 2. The van der Waals surface area contributed by atoms with Crippen molar-refractivity contribution in [2.24, 2.45) is 0 Å². The van der Waals surface area contributed by atoms with Crippen LogP contribution in [-0.2, 0) is 4.79 Å². The number of thioether (sulfide) groups is 1. The van der Waals surface area contributed by atoms with Gasteiger partial charge in [-0.2, -0.15) is 5.26 Å². The van der Waals surface area contributed by atoms with Crippen molar-refractivity contribution < 1.29 is 14.3 Å². The molecule has 2 aromatic carbocycles. The molecule has 0 aliphatic heterocycles. The molecule has 0 spiro atoms. The van der Waals surface area contributed by atoms with Gasteiger partial charge in [-0.25, -0.2) is 0 Å². The van der Waals surface area contributed by atoms with Crippen molar-refractivity contribution in [2.45, 2.75) is 12.1 Å². The third-order valence-electron chi connectivity index (χ3n) is 4.06. The number of ether oxygens (including phenoxy) is 2. The lowest BCUT2D eigenvalue weighted by atomic mass is 10.2. The number of carbonyl (C=O) groups is 1. The molecular formula is C21H21N5O3S. The predicted molar refractivity (Wildman–Crippen MR) is 114 cm³/mol. The van der Waals surface area contributed by atoms with E-state index in [2.05, 4.69) is 15.5 Å². The van der Waals surface area contributed by atoms with Crippen LogP contribution in [-0.4, -0.2) is 46.7 Å². The SMILES string of the molecule is CCOc1ccc(-n2c(SCC(=O)NCC#N)nnc2-c2cccc(OC)c2)cc1. The number of methoxy groups -OCH3 is 1. The standard InChI is InChI=1S/C21H21N5O3S/c1-3-29-17-9-7-16(8-10-17)26-20(15-5-4-6-18(13-15)28-2)24-25-21(26)30-14-19(27)23-12-11-22/h4-10,13H,3,12,14H2,1-2H3,(H,23,27). The van der Waals surface area contributed by atoms with Crippen molar-refractivity contribution in [3.8, 4) is 34.6 Å². The molecule has 0 saturated carbocycles. The quantitative estimate of drug-likeness (QED) is 0.417. The van der Waals surface area contributed by atoms with Gasteiger partial charge in [-0.05, 0) is 43.3 Å². The van der Waals surface area contributed by atoms with E-state index in [9.17, 15) is 4.79 Å². The third kappa shape index (κ3) is 5.10. The molecule has 1 amide bonds. The van der Waals surface area contributed by atoms with Crippen molar-refractivity contribution >= 4 is 17.7 Å². The summed E-state index contributed by atoms with van der Waals surface area (Å²) in [6.07, 6.45) is 0. The van der Waals surface area contributed by atoms with E-state index in [1.165, 1.54) is 11.8 Å². The highest BCUT2D eigenvalue weighted by Gasteiger charge is 2.18. The highest BCUT2D eigenvalue weighted by atomic mass is 32.2. The Kier molecular flexibility index (Phi) is 7.29. The molecule has 0 aliphatic rings. The Bertz CT molecular complexity index is 1040. The number of aromatic nitrogens is 3. The van der Waals surface area contributed by atoms with Gasteiger partial charge >= 0.3 is 0 Å². The van der Waals surface area contributed by atoms with E-state index in [1.807, 2.05) is 66.1 Å². The lowest BCUT2D eigenvalue weighted by Crippen LogP contribution is -2.25. The van der Waals surface area contributed by atoms with E-state index in [0.717, 1.165) is 17.0 Å². The van der Waals surface area contributed by atoms with E-state index < -0.39 is 0 Å². The highest BCUT2D eigenvalue weighted by Crippen LogP contribution is 2.30. The van der Waals surface area contributed by atoms with Crippen molar-refractivity contribution in [3.63, 3.8) is 0 Å². The van der Waals surface area contributed by atoms with Gasteiger partial charge in [0.1, 0.15) is 18.0 Å². The minimum atomic E-state index is -0.245. The second kappa shape index (κ2) is 10.3. The summed E-state index contributed by atoms with van der Waals surface area (Å²) in [5.74, 6) is 1.97. The molecule has 30 heavy (non-hydrogen) atoms. The van der Waals surface area contributed by atoms with Crippen LogP contribution in [0.3, 0.4) is 0 Å². The second-order valence-corrected chi connectivity index (χ2v) is 6.97. The van der Waals surface area contributed by atoms with Crippen LogP contribution in [0, 0.1) is 11.3 Å². The first-order valence-electron chi connectivity index (χ1n) is 9.25. The lowest BCUT2D eigenvalue weighted by Gasteiger charge is -2.12. The molecule has 0 radical (unpaired) electrons. The van der Waals surface area contributed by atoms with Crippen LogP contribution in [0.5, 0.6) is 11.5 Å². The monoisotopic (exact) mass is 423 g/mol. The van der Waals surface area contributed by atoms with Crippen molar-refractivity contribution in [1.29, 1.82) is 5.26 Å². The molecule has 1 aromatic heterocycles. The fourth-order valence-corrected chi connectivity index (χ4v) is 3.50. The van der Waals surface area contributed by atoms with Gasteiger partial charge < -0.3 is 14.8 Å². The molecule has 0 unspecified atom stereocenters. The molecule has 0 saturated heterocycles. The highest BCUT2D eigenvalue weighted by molar-refractivity contribution is 7.99. The van der Waals surface area contributed by atoms with Crippen molar-refractivity contribution in [2.75, 3.05) is 26.0 Å². The number of nitriles is 1. The Morgan fingerprint density at radius 1 is 1.20 bits per heavy atom.